The highest BCUT2D eigenvalue weighted by Crippen LogP contribution is 2.40. The number of furan rings is 1. The van der Waals surface area contributed by atoms with Gasteiger partial charge in [-0.1, -0.05) is 24.3 Å². The van der Waals surface area contributed by atoms with E-state index in [2.05, 4.69) is 0 Å². The first kappa shape index (κ1) is 14.8. The molecule has 0 fully saturated rings. The molecule has 0 radical (unpaired) electrons. The van der Waals surface area contributed by atoms with Gasteiger partial charge in [-0.3, -0.25) is 0 Å². The summed E-state index contributed by atoms with van der Waals surface area (Å²) in [5.41, 5.74) is 2.58. The summed E-state index contributed by atoms with van der Waals surface area (Å²) in [6, 6.07) is 15.7. The predicted molar refractivity (Wildman–Crippen MR) is 95.9 cm³/mol. The lowest BCUT2D eigenvalue weighted by molar-refractivity contribution is 0.356. The number of rotatable bonds is 4. The molecule has 0 aliphatic carbocycles. The van der Waals surface area contributed by atoms with E-state index in [0.717, 1.165) is 33.0 Å². The molecule has 0 bridgehead atoms. The Morgan fingerprint density at radius 2 is 1.88 bits per heavy atom. The van der Waals surface area contributed by atoms with Crippen LogP contribution in [0.2, 0.25) is 0 Å². The zero-order chi connectivity index (χ0) is 16.5. The third-order valence-corrected chi connectivity index (χ3v) is 4.69. The highest BCUT2D eigenvalue weighted by Gasteiger charge is 2.16. The minimum absolute atomic E-state index is 0.686. The molecular weight excluding hydrogens is 322 g/mol. The monoisotopic (exact) mass is 337 g/mol. The number of nitrogens with zero attached hydrogens (tertiary/aromatic N) is 1. The number of fused-ring (bicyclic) bond motifs is 1. The average Bonchev–Trinajstić information content (AvgIpc) is 3.27. The van der Waals surface area contributed by atoms with Gasteiger partial charge in [-0.05, 0) is 24.3 Å². The van der Waals surface area contributed by atoms with E-state index in [4.69, 9.17) is 18.9 Å². The van der Waals surface area contributed by atoms with E-state index in [0.29, 0.717) is 11.5 Å². The van der Waals surface area contributed by atoms with Gasteiger partial charge >= 0.3 is 0 Å². The molecule has 2 aromatic carbocycles. The molecule has 4 aromatic rings. The summed E-state index contributed by atoms with van der Waals surface area (Å²) < 4.78 is 16.8. The van der Waals surface area contributed by atoms with Gasteiger partial charge in [0.25, 0.3) is 0 Å². The molecule has 24 heavy (non-hydrogen) atoms. The number of hydrogen-bond donors (Lipinski definition) is 0. The van der Waals surface area contributed by atoms with Crippen LogP contribution in [0, 0.1) is 0 Å². The maximum Gasteiger partial charge on any atom is 0.170 e. The topological polar surface area (TPSA) is 44.5 Å². The van der Waals surface area contributed by atoms with Crippen LogP contribution in [-0.2, 0) is 0 Å². The second kappa shape index (κ2) is 6.02. The van der Waals surface area contributed by atoms with Gasteiger partial charge in [0.2, 0.25) is 0 Å². The van der Waals surface area contributed by atoms with Crippen LogP contribution in [0.5, 0.6) is 11.5 Å². The van der Waals surface area contributed by atoms with Crippen LogP contribution < -0.4 is 9.47 Å². The fraction of sp³-hybridized carbons (Fsp3) is 0.105. The maximum absolute atomic E-state index is 5.89. The Kier molecular flexibility index (Phi) is 3.70. The molecule has 4 nitrogen and oxygen atoms in total. The molecule has 120 valence electrons. The Hall–Kier alpha value is -2.79. The molecule has 0 saturated heterocycles. The SMILES string of the molecule is COc1cccc(-c2nc(-c3cc4ccccc4o3)cs2)c1OC. The standard InChI is InChI=1S/C19H15NO3S/c1-21-16-9-5-7-13(18(16)22-2)19-20-14(11-24-19)17-10-12-6-3-4-8-15(12)23-17/h3-11H,1-2H3. The number of hydrogen-bond acceptors (Lipinski definition) is 5. The molecule has 0 saturated carbocycles. The summed E-state index contributed by atoms with van der Waals surface area (Å²) >= 11 is 1.55. The first-order valence-electron chi connectivity index (χ1n) is 7.46. The summed E-state index contributed by atoms with van der Waals surface area (Å²) in [6.07, 6.45) is 0. The van der Waals surface area contributed by atoms with E-state index in [1.165, 1.54) is 0 Å². The van der Waals surface area contributed by atoms with E-state index in [1.807, 2.05) is 53.9 Å². The van der Waals surface area contributed by atoms with Crippen molar-refractivity contribution in [1.82, 2.24) is 4.98 Å². The molecule has 5 heteroatoms. The smallest absolute Gasteiger partial charge is 0.170 e. The second-order valence-corrected chi connectivity index (χ2v) is 6.09. The zero-order valence-corrected chi connectivity index (χ0v) is 14.1. The van der Waals surface area contributed by atoms with Gasteiger partial charge in [0.05, 0.1) is 19.8 Å². The Morgan fingerprint density at radius 1 is 1.00 bits per heavy atom. The van der Waals surface area contributed by atoms with E-state index >= 15 is 0 Å². The van der Waals surface area contributed by atoms with Gasteiger partial charge in [-0.15, -0.1) is 11.3 Å². The molecule has 0 amide bonds. The normalized spacial score (nSPS) is 10.9. The third-order valence-electron chi connectivity index (χ3n) is 3.82. The van der Waals surface area contributed by atoms with Crippen molar-refractivity contribution < 1.29 is 13.9 Å². The predicted octanol–water partition coefficient (Wildman–Crippen LogP) is 5.24. The largest absolute Gasteiger partial charge is 0.493 e. The number of thiazole rings is 1. The van der Waals surface area contributed by atoms with Crippen molar-refractivity contribution in [2.24, 2.45) is 0 Å². The lowest BCUT2D eigenvalue weighted by Crippen LogP contribution is -1.92. The quantitative estimate of drug-likeness (QED) is 0.511. The summed E-state index contributed by atoms with van der Waals surface area (Å²) in [4.78, 5) is 4.72. The Labute approximate surface area is 143 Å². The van der Waals surface area contributed by atoms with Crippen LogP contribution in [0.15, 0.2) is 58.3 Å². The van der Waals surface area contributed by atoms with Crippen molar-refractivity contribution in [3.8, 4) is 33.5 Å². The van der Waals surface area contributed by atoms with Crippen LogP contribution in [-0.4, -0.2) is 19.2 Å². The van der Waals surface area contributed by atoms with Crippen molar-refractivity contribution in [3.05, 3.63) is 53.9 Å². The first-order chi connectivity index (χ1) is 11.8. The number of methoxy groups -OCH3 is 2. The molecule has 4 rings (SSSR count). The molecule has 0 spiro atoms. The molecule has 0 aliphatic rings. The molecule has 0 aliphatic heterocycles. The van der Waals surface area contributed by atoms with Gasteiger partial charge in [-0.2, -0.15) is 0 Å². The van der Waals surface area contributed by atoms with E-state index < -0.39 is 0 Å². The first-order valence-corrected chi connectivity index (χ1v) is 8.34. The minimum Gasteiger partial charge on any atom is -0.493 e. The number of ether oxygens (including phenoxy) is 2. The number of aromatic nitrogens is 1. The summed E-state index contributed by atoms with van der Waals surface area (Å²) in [6.45, 7) is 0. The van der Waals surface area contributed by atoms with Crippen molar-refractivity contribution in [1.29, 1.82) is 0 Å². The van der Waals surface area contributed by atoms with Gasteiger partial charge in [0.15, 0.2) is 17.3 Å². The van der Waals surface area contributed by atoms with Gasteiger partial charge in [0.1, 0.15) is 16.3 Å². The van der Waals surface area contributed by atoms with Crippen molar-refractivity contribution in [2.75, 3.05) is 14.2 Å². The fourth-order valence-electron chi connectivity index (χ4n) is 2.67. The molecule has 0 atom stereocenters. The van der Waals surface area contributed by atoms with Gasteiger partial charge in [0, 0.05) is 10.8 Å². The third kappa shape index (κ3) is 2.43. The molecule has 0 N–H and O–H groups in total. The molecule has 0 unspecified atom stereocenters. The highest BCUT2D eigenvalue weighted by molar-refractivity contribution is 7.13. The average molecular weight is 337 g/mol. The van der Waals surface area contributed by atoms with Crippen molar-refractivity contribution in [2.45, 2.75) is 0 Å². The zero-order valence-electron chi connectivity index (χ0n) is 13.3. The summed E-state index contributed by atoms with van der Waals surface area (Å²) in [5.74, 6) is 2.14. The lowest BCUT2D eigenvalue weighted by Gasteiger charge is -2.10. The summed E-state index contributed by atoms with van der Waals surface area (Å²) in [5, 5.41) is 3.92. The Morgan fingerprint density at radius 3 is 2.67 bits per heavy atom. The van der Waals surface area contributed by atoms with Crippen LogP contribution in [0.25, 0.3) is 33.0 Å². The van der Waals surface area contributed by atoms with E-state index in [9.17, 15) is 0 Å². The van der Waals surface area contributed by atoms with Crippen LogP contribution >= 0.6 is 11.3 Å². The summed E-state index contributed by atoms with van der Waals surface area (Å²) in [7, 11) is 3.26. The lowest BCUT2D eigenvalue weighted by atomic mass is 10.2. The fourth-order valence-corrected chi connectivity index (χ4v) is 3.51. The van der Waals surface area contributed by atoms with Crippen molar-refractivity contribution in [3.63, 3.8) is 0 Å². The van der Waals surface area contributed by atoms with Crippen LogP contribution in [0.1, 0.15) is 0 Å². The van der Waals surface area contributed by atoms with Gasteiger partial charge in [-0.25, -0.2) is 4.98 Å². The van der Waals surface area contributed by atoms with Crippen molar-refractivity contribution >= 4 is 22.3 Å². The van der Waals surface area contributed by atoms with Gasteiger partial charge < -0.3 is 13.9 Å². The van der Waals surface area contributed by atoms with Crippen LogP contribution in [0.4, 0.5) is 0 Å². The molecule has 2 heterocycles. The second-order valence-electron chi connectivity index (χ2n) is 5.23. The van der Waals surface area contributed by atoms with Crippen LogP contribution in [0.3, 0.4) is 0 Å². The Bertz CT molecular complexity index is 970. The maximum atomic E-state index is 5.89. The van der Waals surface area contributed by atoms with E-state index in [1.54, 1.807) is 25.6 Å². The number of para-hydroxylation sites is 2. The molecule has 2 aromatic heterocycles. The molecular formula is C19H15NO3S. The minimum atomic E-state index is 0.686. The number of benzene rings is 2. The van der Waals surface area contributed by atoms with E-state index in [-0.39, 0.29) is 0 Å². The Balaban J connectivity index is 1.78. The highest BCUT2D eigenvalue weighted by atomic mass is 32.1.